The summed E-state index contributed by atoms with van der Waals surface area (Å²) in [5.41, 5.74) is 5.72. The molecule has 2 aromatic carbocycles. The quantitative estimate of drug-likeness (QED) is 0.215. The van der Waals surface area contributed by atoms with Crippen molar-refractivity contribution in [2.45, 2.75) is 101 Å². The summed E-state index contributed by atoms with van der Waals surface area (Å²) < 4.78 is 31.0. The van der Waals surface area contributed by atoms with E-state index >= 15 is 0 Å². The zero-order chi connectivity index (χ0) is 38.7. The van der Waals surface area contributed by atoms with Gasteiger partial charge in [-0.3, -0.25) is 19.3 Å². The molecule has 2 N–H and O–H groups in total. The molecule has 3 saturated carbocycles. The summed E-state index contributed by atoms with van der Waals surface area (Å²) in [5.74, 6) is -1.98. The van der Waals surface area contributed by atoms with E-state index in [0.29, 0.717) is 62.0 Å². The number of rotatable bonds is 7. The first kappa shape index (κ1) is 35.5. The second kappa shape index (κ2) is 12.5. The van der Waals surface area contributed by atoms with Crippen molar-refractivity contribution in [3.8, 4) is 11.3 Å². The van der Waals surface area contributed by atoms with Gasteiger partial charge in [0.2, 0.25) is 11.8 Å². The first-order valence-corrected chi connectivity index (χ1v) is 20.2. The Kier molecular flexibility index (Phi) is 7.95. The van der Waals surface area contributed by atoms with Gasteiger partial charge in [0.25, 0.3) is 11.8 Å². The third-order valence-corrected chi connectivity index (χ3v) is 14.0. The van der Waals surface area contributed by atoms with Crippen molar-refractivity contribution in [3.63, 3.8) is 0 Å². The lowest BCUT2D eigenvalue weighted by Gasteiger charge is -2.49. The molecule has 0 bridgehead atoms. The zero-order valence-electron chi connectivity index (χ0n) is 32.2. The second-order valence-corrected chi connectivity index (χ2v) is 17.4. The number of halogens is 2. The van der Waals surface area contributed by atoms with Gasteiger partial charge in [0.15, 0.2) is 5.82 Å². The predicted molar refractivity (Wildman–Crippen MR) is 209 cm³/mol. The van der Waals surface area contributed by atoms with Crippen molar-refractivity contribution in [1.82, 2.24) is 29.7 Å². The number of fused-ring (bicyclic) bond motifs is 3. The Bertz CT molecular complexity index is 2310. The van der Waals surface area contributed by atoms with Gasteiger partial charge in [0, 0.05) is 80.7 Å². The van der Waals surface area contributed by atoms with Crippen molar-refractivity contribution in [3.05, 3.63) is 65.5 Å². The van der Waals surface area contributed by atoms with Crippen LogP contribution >= 0.6 is 0 Å². The van der Waals surface area contributed by atoms with Gasteiger partial charge in [-0.1, -0.05) is 18.2 Å². The fraction of sp³-hybridized carbons (Fsp3) is 0.512. The van der Waals surface area contributed by atoms with Crippen molar-refractivity contribution in [2.24, 2.45) is 5.41 Å². The molecule has 3 aliphatic carbocycles. The summed E-state index contributed by atoms with van der Waals surface area (Å²) in [5, 5.41) is 6.26. The number of aromatic nitrogens is 3. The van der Waals surface area contributed by atoms with Crippen molar-refractivity contribution in [1.29, 1.82) is 0 Å². The molecule has 3 amide bonds. The summed E-state index contributed by atoms with van der Waals surface area (Å²) >= 11 is 0. The SMILES string of the molecule is CNC(=O)c1cc(Nc2nc(-c3ccc4c(c3)N([C@H]3C[C@@H](N5CCCC6(C5)CC6(F)F)C3)C(=O)C43CCN(C(C)=O)CC3)cc3ncn(C4CC4)c23)ccc1C. The third kappa shape index (κ3) is 5.47. The molecular weight excluding hydrogens is 715 g/mol. The van der Waals surface area contributed by atoms with Crippen molar-refractivity contribution in [2.75, 3.05) is 43.4 Å². The number of amides is 3. The number of benzene rings is 2. The van der Waals surface area contributed by atoms with Gasteiger partial charge in [0.05, 0.1) is 28.4 Å². The molecule has 10 rings (SSSR count). The smallest absolute Gasteiger partial charge is 0.255 e. The molecule has 2 aromatic heterocycles. The van der Waals surface area contributed by atoms with Crippen LogP contribution in [0.15, 0.2) is 48.8 Å². The van der Waals surface area contributed by atoms with Crippen LogP contribution in [-0.4, -0.2) is 93.3 Å². The maximum absolute atomic E-state index is 14.8. The van der Waals surface area contributed by atoms with Gasteiger partial charge in [0.1, 0.15) is 5.52 Å². The maximum atomic E-state index is 14.8. The molecule has 4 aromatic rings. The first-order valence-electron chi connectivity index (χ1n) is 20.2. The second-order valence-electron chi connectivity index (χ2n) is 17.4. The molecular formula is C43H48F2N8O3. The lowest BCUT2D eigenvalue weighted by atomic mass is 9.73. The van der Waals surface area contributed by atoms with E-state index in [0.717, 1.165) is 77.7 Å². The molecule has 11 nitrogen and oxygen atoms in total. The Labute approximate surface area is 324 Å². The van der Waals surface area contributed by atoms with Crippen LogP contribution in [0.25, 0.3) is 22.3 Å². The van der Waals surface area contributed by atoms with Crippen LogP contribution in [-0.2, 0) is 15.0 Å². The minimum absolute atomic E-state index is 0.00678. The van der Waals surface area contributed by atoms with Crippen molar-refractivity contribution >= 4 is 45.9 Å². The Morgan fingerprint density at radius 1 is 0.946 bits per heavy atom. The molecule has 292 valence electrons. The molecule has 6 aliphatic rings. The van der Waals surface area contributed by atoms with Gasteiger partial charge >= 0.3 is 0 Å². The van der Waals surface area contributed by atoms with Crippen LogP contribution in [0.4, 0.5) is 26.0 Å². The number of nitrogens with zero attached hydrogens (tertiary/aromatic N) is 6. The number of hydrogen-bond donors (Lipinski definition) is 2. The van der Waals surface area contributed by atoms with Crippen LogP contribution in [0.1, 0.15) is 92.2 Å². The number of piperidine rings is 2. The lowest BCUT2D eigenvalue weighted by molar-refractivity contribution is -0.134. The number of aryl methyl sites for hydroxylation is 1. The minimum atomic E-state index is -2.56. The van der Waals surface area contributed by atoms with Crippen LogP contribution in [0.5, 0.6) is 0 Å². The molecule has 5 heterocycles. The summed E-state index contributed by atoms with van der Waals surface area (Å²) in [6, 6.07) is 14.4. The molecule has 5 fully saturated rings. The average molecular weight is 763 g/mol. The van der Waals surface area contributed by atoms with Gasteiger partial charge < -0.3 is 25.0 Å². The Morgan fingerprint density at radius 3 is 2.41 bits per heavy atom. The molecule has 3 aliphatic heterocycles. The number of nitrogens with one attached hydrogen (secondary N) is 2. The largest absolute Gasteiger partial charge is 0.355 e. The number of alkyl halides is 2. The number of carbonyl (C=O) groups excluding carboxylic acids is 3. The monoisotopic (exact) mass is 762 g/mol. The highest BCUT2D eigenvalue weighted by Crippen LogP contribution is 2.65. The van der Waals surface area contributed by atoms with Crippen LogP contribution in [0.3, 0.4) is 0 Å². The third-order valence-electron chi connectivity index (χ3n) is 14.0. The van der Waals surface area contributed by atoms with E-state index in [9.17, 15) is 23.2 Å². The average Bonchev–Trinajstić information content (AvgIpc) is 4.03. The molecule has 13 heteroatoms. The van der Waals surface area contributed by atoms with E-state index in [4.69, 9.17) is 9.97 Å². The zero-order valence-corrected chi connectivity index (χ0v) is 32.2. The Hall–Kier alpha value is -4.91. The van der Waals surface area contributed by atoms with Gasteiger partial charge in [-0.15, -0.1) is 0 Å². The van der Waals surface area contributed by atoms with E-state index in [2.05, 4.69) is 32.2 Å². The van der Waals surface area contributed by atoms with Gasteiger partial charge in [-0.25, -0.2) is 18.7 Å². The number of hydrogen-bond acceptors (Lipinski definition) is 7. The van der Waals surface area contributed by atoms with Crippen molar-refractivity contribution < 1.29 is 23.2 Å². The summed E-state index contributed by atoms with van der Waals surface area (Å²) in [7, 11) is 1.62. The fourth-order valence-corrected chi connectivity index (χ4v) is 10.3. The molecule has 1 atom stereocenters. The van der Waals surface area contributed by atoms with E-state index in [1.165, 1.54) is 0 Å². The molecule has 1 unspecified atom stereocenters. The van der Waals surface area contributed by atoms with Crippen LogP contribution in [0, 0.1) is 12.3 Å². The number of carbonyl (C=O) groups is 3. The van der Waals surface area contributed by atoms with E-state index < -0.39 is 16.8 Å². The Morgan fingerprint density at radius 2 is 1.71 bits per heavy atom. The molecule has 2 spiro atoms. The number of likely N-dealkylation sites (tertiary alicyclic amines) is 2. The highest BCUT2D eigenvalue weighted by Gasteiger charge is 2.71. The van der Waals surface area contributed by atoms with Crippen LogP contribution < -0.4 is 15.5 Å². The standard InChI is InChI=1S/C43H48F2N8O3/c1-25-5-7-28(18-32(25)39(55)46-3)48-38-37-35(47-24-52(37)29-8-9-29)21-34(49-38)27-6-10-33-36(17-27)53(40(56)42(33)12-15-50(16-13-42)26(2)54)31-19-30(20-31)51-14-4-11-41(23-51)22-43(41,44)45/h5-7,10,17-18,21,24,29-31H,4,8-9,11-16,19-20,22-23H2,1-3H3,(H,46,55)(H,48,49)/t30-,31+,41?. The molecule has 56 heavy (non-hydrogen) atoms. The Balaban J connectivity index is 1.01. The minimum Gasteiger partial charge on any atom is -0.355 e. The number of pyridine rings is 1. The topological polar surface area (TPSA) is 116 Å². The van der Waals surface area contributed by atoms with E-state index in [-0.39, 0.29) is 36.2 Å². The highest BCUT2D eigenvalue weighted by atomic mass is 19.3. The lowest BCUT2D eigenvalue weighted by Crippen LogP contribution is -2.59. The number of anilines is 3. The summed E-state index contributed by atoms with van der Waals surface area (Å²) in [6.45, 7) is 5.79. The van der Waals surface area contributed by atoms with Crippen LogP contribution in [0.2, 0.25) is 0 Å². The molecule has 2 saturated heterocycles. The fourth-order valence-electron chi connectivity index (χ4n) is 10.3. The highest BCUT2D eigenvalue weighted by molar-refractivity contribution is 6.09. The summed E-state index contributed by atoms with van der Waals surface area (Å²) in [6.07, 6.45) is 8.01. The number of imidazole rings is 1. The van der Waals surface area contributed by atoms with Gasteiger partial charge in [-0.05, 0) is 100 Å². The van der Waals surface area contributed by atoms with E-state index in [1.54, 1.807) is 14.0 Å². The predicted octanol–water partition coefficient (Wildman–Crippen LogP) is 6.72. The molecule has 0 radical (unpaired) electrons. The summed E-state index contributed by atoms with van der Waals surface area (Å²) in [4.78, 5) is 56.0. The maximum Gasteiger partial charge on any atom is 0.255 e. The first-order chi connectivity index (χ1) is 26.9. The van der Waals surface area contributed by atoms with E-state index in [1.807, 2.05) is 53.4 Å². The van der Waals surface area contributed by atoms with Gasteiger partial charge in [-0.2, -0.15) is 0 Å². The normalized spacial score (nSPS) is 26.4.